The Balaban J connectivity index is 1.29. The third kappa shape index (κ3) is 5.83. The molecule has 1 unspecified atom stereocenters. The molecule has 0 bridgehead atoms. The molecule has 0 spiro atoms. The van der Waals surface area contributed by atoms with Gasteiger partial charge in [0.05, 0.1) is 28.9 Å². The van der Waals surface area contributed by atoms with E-state index in [0.29, 0.717) is 42.9 Å². The fourth-order valence-corrected chi connectivity index (χ4v) is 7.11. The van der Waals surface area contributed by atoms with Gasteiger partial charge >= 0.3 is 5.97 Å². The number of hydrogen-bond acceptors (Lipinski definition) is 9. The summed E-state index contributed by atoms with van der Waals surface area (Å²) in [6.07, 6.45) is 7.81. The lowest BCUT2D eigenvalue weighted by atomic mass is 9.97. The molecule has 2 saturated heterocycles. The summed E-state index contributed by atoms with van der Waals surface area (Å²) in [6.45, 7) is 7.48. The molecule has 2 N–H and O–H groups in total. The Morgan fingerprint density at radius 2 is 1.97 bits per heavy atom. The second-order valence-electron chi connectivity index (χ2n) is 9.77. The fourth-order valence-electron chi connectivity index (χ4n) is 5.13. The van der Waals surface area contributed by atoms with Crippen molar-refractivity contribution >= 4 is 45.5 Å². The minimum Gasteiger partial charge on any atom is -0.481 e. The van der Waals surface area contributed by atoms with E-state index in [2.05, 4.69) is 45.5 Å². The molecule has 5 heterocycles. The average Bonchev–Trinajstić information content (AvgIpc) is 3.64. The van der Waals surface area contributed by atoms with Crippen LogP contribution in [0.3, 0.4) is 0 Å². The first-order valence-corrected chi connectivity index (χ1v) is 14.5. The molecule has 196 valence electrons. The lowest BCUT2D eigenvalue weighted by Crippen LogP contribution is -2.36. The summed E-state index contributed by atoms with van der Waals surface area (Å²) in [5, 5.41) is 14.8. The van der Waals surface area contributed by atoms with Crippen LogP contribution in [0.4, 0.5) is 10.9 Å². The van der Waals surface area contributed by atoms with Crippen molar-refractivity contribution in [2.24, 2.45) is 5.92 Å². The average molecular weight is 541 g/mol. The topological polar surface area (TPSA) is 112 Å². The number of piperidine rings is 1. The van der Waals surface area contributed by atoms with Gasteiger partial charge in [-0.3, -0.25) is 19.8 Å². The number of nitrogens with one attached hydrogen (secondary N) is 1. The molecule has 2 aliphatic rings. The molecule has 9 nitrogen and oxygen atoms in total. The first kappa shape index (κ1) is 25.7. The normalized spacial score (nSPS) is 18.9. The number of anilines is 2. The smallest absolute Gasteiger partial charge is 0.306 e. The van der Waals surface area contributed by atoms with Gasteiger partial charge in [-0.2, -0.15) is 0 Å². The van der Waals surface area contributed by atoms with Crippen molar-refractivity contribution in [1.82, 2.24) is 19.9 Å². The van der Waals surface area contributed by atoms with Gasteiger partial charge in [-0.1, -0.05) is 18.3 Å². The lowest BCUT2D eigenvalue weighted by Gasteiger charge is -2.30. The first-order valence-electron chi connectivity index (χ1n) is 12.8. The van der Waals surface area contributed by atoms with Crippen LogP contribution in [-0.2, 0) is 11.3 Å². The van der Waals surface area contributed by atoms with Gasteiger partial charge in [0.25, 0.3) is 5.91 Å². The first-order chi connectivity index (χ1) is 17.9. The Kier molecular flexibility index (Phi) is 7.82. The van der Waals surface area contributed by atoms with Gasteiger partial charge in [-0.25, -0.2) is 15.0 Å². The molecule has 3 aromatic rings. The third-order valence-electron chi connectivity index (χ3n) is 7.24. The zero-order valence-electron chi connectivity index (χ0n) is 21.1. The number of hydrogen-bond donors (Lipinski definition) is 2. The largest absolute Gasteiger partial charge is 0.481 e. The van der Waals surface area contributed by atoms with Gasteiger partial charge in [0.2, 0.25) is 0 Å². The molecule has 1 amide bonds. The molecule has 0 radical (unpaired) electrons. The maximum atomic E-state index is 13.0. The van der Waals surface area contributed by atoms with E-state index in [4.69, 9.17) is 4.98 Å². The quantitative estimate of drug-likeness (QED) is 0.415. The van der Waals surface area contributed by atoms with Crippen molar-refractivity contribution in [3.63, 3.8) is 0 Å². The standard InChI is InChI=1S/C26H32N6O3S2/c1-3-18-5-4-8-32(18)14-21-23(20-11-16(2)15-36-20)29-26(37-21)30-24(33)19-12-28-22(13-27-19)31-9-6-17(7-10-31)25(34)35/h11-13,15,17-18H,3-10,14H2,1-2H3,(H,34,35)(H,29,30,33). The number of amides is 1. The fraction of sp³-hybridized carbons (Fsp3) is 0.500. The van der Waals surface area contributed by atoms with Gasteiger partial charge in [0.1, 0.15) is 11.5 Å². The zero-order chi connectivity index (χ0) is 25.9. The Bertz CT molecular complexity index is 1250. The highest BCUT2D eigenvalue weighted by molar-refractivity contribution is 7.17. The molecular weight excluding hydrogens is 508 g/mol. The molecular formula is C26H32N6O3S2. The van der Waals surface area contributed by atoms with Crippen molar-refractivity contribution in [3.05, 3.63) is 40.0 Å². The van der Waals surface area contributed by atoms with Gasteiger partial charge < -0.3 is 10.0 Å². The minimum absolute atomic E-state index is 0.222. The van der Waals surface area contributed by atoms with Crippen LogP contribution in [0, 0.1) is 12.8 Å². The summed E-state index contributed by atoms with van der Waals surface area (Å²) < 4.78 is 0. The zero-order valence-corrected chi connectivity index (χ0v) is 22.8. The second kappa shape index (κ2) is 11.2. The number of rotatable bonds is 8. The summed E-state index contributed by atoms with van der Waals surface area (Å²) in [4.78, 5) is 44.6. The second-order valence-corrected chi connectivity index (χ2v) is 11.8. The SMILES string of the molecule is CCC1CCCN1Cc1sc(NC(=O)c2cnc(N3CCC(C(=O)O)CC3)cn2)nc1-c1cc(C)cs1. The highest BCUT2D eigenvalue weighted by Gasteiger charge is 2.27. The molecule has 37 heavy (non-hydrogen) atoms. The number of aliphatic carboxylic acids is 1. The maximum absolute atomic E-state index is 13.0. The van der Waals surface area contributed by atoms with Crippen LogP contribution in [0.15, 0.2) is 23.8 Å². The molecule has 2 fully saturated rings. The molecule has 1 atom stereocenters. The predicted octanol–water partition coefficient (Wildman–Crippen LogP) is 4.90. The number of aryl methyl sites for hydroxylation is 1. The Morgan fingerprint density at radius 1 is 1.16 bits per heavy atom. The highest BCUT2D eigenvalue weighted by atomic mass is 32.1. The Hall–Kier alpha value is -2.89. The molecule has 0 aromatic carbocycles. The summed E-state index contributed by atoms with van der Waals surface area (Å²) in [7, 11) is 0. The number of aromatic nitrogens is 3. The van der Waals surface area contributed by atoms with Crippen molar-refractivity contribution in [2.45, 2.75) is 58.5 Å². The van der Waals surface area contributed by atoms with Crippen LogP contribution in [-0.4, -0.2) is 62.5 Å². The predicted molar refractivity (Wildman–Crippen MR) is 146 cm³/mol. The number of carboxylic acids is 1. The van der Waals surface area contributed by atoms with Crippen molar-refractivity contribution in [2.75, 3.05) is 29.9 Å². The number of likely N-dealkylation sites (tertiary alicyclic amines) is 1. The summed E-state index contributed by atoms with van der Waals surface area (Å²) >= 11 is 3.21. The van der Waals surface area contributed by atoms with Crippen LogP contribution in [0.5, 0.6) is 0 Å². The van der Waals surface area contributed by atoms with Crippen molar-refractivity contribution in [1.29, 1.82) is 0 Å². The van der Waals surface area contributed by atoms with Gasteiger partial charge in [-0.05, 0) is 62.6 Å². The number of carbonyl (C=O) groups is 2. The van der Waals surface area contributed by atoms with Crippen LogP contribution in [0.25, 0.3) is 10.6 Å². The van der Waals surface area contributed by atoms with E-state index in [1.807, 2.05) is 4.90 Å². The lowest BCUT2D eigenvalue weighted by molar-refractivity contribution is -0.142. The van der Waals surface area contributed by atoms with Crippen molar-refractivity contribution < 1.29 is 14.7 Å². The van der Waals surface area contributed by atoms with Crippen LogP contribution in [0.1, 0.15) is 60.0 Å². The van der Waals surface area contributed by atoms with E-state index < -0.39 is 5.97 Å². The molecule has 2 aliphatic heterocycles. The number of carbonyl (C=O) groups excluding carboxylic acids is 1. The van der Waals surface area contributed by atoms with Crippen molar-refractivity contribution in [3.8, 4) is 10.6 Å². The highest BCUT2D eigenvalue weighted by Crippen LogP contribution is 2.37. The van der Waals surface area contributed by atoms with E-state index in [-0.39, 0.29) is 17.5 Å². The molecule has 5 rings (SSSR count). The van der Waals surface area contributed by atoms with E-state index in [0.717, 1.165) is 30.1 Å². The van der Waals surface area contributed by atoms with Crippen LogP contribution in [0.2, 0.25) is 0 Å². The Labute approximate surface area is 224 Å². The van der Waals surface area contributed by atoms with E-state index in [1.54, 1.807) is 17.5 Å². The van der Waals surface area contributed by atoms with Gasteiger partial charge in [-0.15, -0.1) is 11.3 Å². The molecule has 0 saturated carbocycles. The summed E-state index contributed by atoms with van der Waals surface area (Å²) in [5.41, 5.74) is 2.38. The summed E-state index contributed by atoms with van der Waals surface area (Å²) in [5.74, 6) is -0.737. The molecule has 0 aliphatic carbocycles. The van der Waals surface area contributed by atoms with E-state index >= 15 is 0 Å². The molecule has 11 heteroatoms. The van der Waals surface area contributed by atoms with E-state index in [9.17, 15) is 14.7 Å². The van der Waals surface area contributed by atoms with Gasteiger partial charge in [0.15, 0.2) is 5.13 Å². The summed E-state index contributed by atoms with van der Waals surface area (Å²) in [6, 6.07) is 2.75. The number of nitrogens with zero attached hydrogens (tertiary/aromatic N) is 5. The number of carboxylic acid groups (broad SMARTS) is 1. The number of thiophene rings is 1. The van der Waals surface area contributed by atoms with Crippen LogP contribution < -0.4 is 10.2 Å². The maximum Gasteiger partial charge on any atom is 0.306 e. The monoisotopic (exact) mass is 540 g/mol. The Morgan fingerprint density at radius 3 is 2.62 bits per heavy atom. The number of thiazole rings is 1. The third-order valence-corrected chi connectivity index (χ3v) is 9.25. The van der Waals surface area contributed by atoms with E-state index in [1.165, 1.54) is 40.8 Å². The van der Waals surface area contributed by atoms with Crippen LogP contribution >= 0.6 is 22.7 Å². The minimum atomic E-state index is -0.744. The van der Waals surface area contributed by atoms with Gasteiger partial charge in [0, 0.05) is 30.6 Å². The molecule has 3 aromatic heterocycles.